The molecular formula is C21H27NO. The lowest BCUT2D eigenvalue weighted by molar-refractivity contribution is -0.107. The van der Waals surface area contributed by atoms with Gasteiger partial charge >= 0.3 is 0 Å². The van der Waals surface area contributed by atoms with Gasteiger partial charge in [-0.05, 0) is 36.5 Å². The predicted molar refractivity (Wildman–Crippen MR) is 96.5 cm³/mol. The summed E-state index contributed by atoms with van der Waals surface area (Å²) >= 11 is 0. The summed E-state index contributed by atoms with van der Waals surface area (Å²) < 4.78 is 0. The maximum Gasteiger partial charge on any atom is 0.120 e. The fourth-order valence-corrected chi connectivity index (χ4v) is 2.74. The first-order valence-corrected chi connectivity index (χ1v) is 8.81. The number of rotatable bonds is 10. The first kappa shape index (κ1) is 17.4. The predicted octanol–water partition coefficient (Wildman–Crippen LogP) is 5.39. The number of hydrogen-bond donors (Lipinski definition) is 0. The highest BCUT2D eigenvalue weighted by Crippen LogP contribution is 2.19. The molecule has 0 bridgehead atoms. The Labute approximate surface area is 140 Å². The fourth-order valence-electron chi connectivity index (χ4n) is 2.74. The van der Waals surface area contributed by atoms with Crippen LogP contribution in [-0.2, 0) is 17.6 Å². The number of carbonyl (C=O) groups excluding carboxylic acids is 1. The summed E-state index contributed by atoms with van der Waals surface area (Å²) in [5, 5.41) is 0. The molecule has 1 aromatic carbocycles. The maximum atomic E-state index is 10.4. The van der Waals surface area contributed by atoms with E-state index in [0.717, 1.165) is 29.5 Å². The Kier molecular flexibility index (Phi) is 7.51. The van der Waals surface area contributed by atoms with Gasteiger partial charge in [0.25, 0.3) is 0 Å². The van der Waals surface area contributed by atoms with E-state index in [-0.39, 0.29) is 0 Å². The van der Waals surface area contributed by atoms with Crippen LogP contribution in [-0.4, -0.2) is 11.3 Å². The Morgan fingerprint density at radius 2 is 1.61 bits per heavy atom. The van der Waals surface area contributed by atoms with Crippen molar-refractivity contribution in [3.8, 4) is 11.3 Å². The maximum absolute atomic E-state index is 10.4. The third-order valence-electron chi connectivity index (χ3n) is 4.19. The number of aldehydes is 1. The van der Waals surface area contributed by atoms with Gasteiger partial charge in [0.1, 0.15) is 6.29 Å². The third kappa shape index (κ3) is 5.97. The lowest BCUT2D eigenvalue weighted by Gasteiger charge is -2.05. The molecule has 0 radical (unpaired) electrons. The summed E-state index contributed by atoms with van der Waals surface area (Å²) in [5.41, 5.74) is 4.67. The normalized spacial score (nSPS) is 10.7. The van der Waals surface area contributed by atoms with Gasteiger partial charge in [-0.2, -0.15) is 0 Å². The van der Waals surface area contributed by atoms with Crippen molar-refractivity contribution >= 4 is 6.29 Å². The number of unbranched alkanes of at least 4 members (excludes halogenated alkanes) is 4. The molecule has 0 atom stereocenters. The van der Waals surface area contributed by atoms with Crippen molar-refractivity contribution in [3.05, 3.63) is 53.7 Å². The van der Waals surface area contributed by atoms with Crippen molar-refractivity contribution in [1.29, 1.82) is 0 Å². The second-order valence-corrected chi connectivity index (χ2v) is 6.12. The largest absolute Gasteiger partial charge is 0.303 e. The van der Waals surface area contributed by atoms with E-state index in [2.05, 4.69) is 42.2 Å². The Hall–Kier alpha value is -1.96. The number of benzene rings is 1. The average molecular weight is 309 g/mol. The van der Waals surface area contributed by atoms with E-state index in [1.807, 2.05) is 12.3 Å². The molecule has 0 aliphatic heterocycles. The Morgan fingerprint density at radius 3 is 2.26 bits per heavy atom. The fraction of sp³-hybridized carbons (Fsp3) is 0.429. The molecule has 0 fully saturated rings. The summed E-state index contributed by atoms with van der Waals surface area (Å²) in [5.74, 6) is 0. The Balaban J connectivity index is 1.87. The lowest BCUT2D eigenvalue weighted by Crippen LogP contribution is -1.90. The van der Waals surface area contributed by atoms with Crippen LogP contribution in [0.2, 0.25) is 0 Å². The number of aromatic nitrogens is 1. The van der Waals surface area contributed by atoms with E-state index < -0.39 is 0 Å². The van der Waals surface area contributed by atoms with E-state index in [1.165, 1.54) is 44.1 Å². The minimum atomic E-state index is 0.563. The van der Waals surface area contributed by atoms with E-state index >= 15 is 0 Å². The van der Waals surface area contributed by atoms with Gasteiger partial charge in [0.05, 0.1) is 5.69 Å². The second kappa shape index (κ2) is 9.94. The van der Waals surface area contributed by atoms with Gasteiger partial charge in [-0.1, -0.05) is 62.9 Å². The molecule has 1 heterocycles. The third-order valence-corrected chi connectivity index (χ3v) is 4.19. The molecule has 2 rings (SSSR count). The van der Waals surface area contributed by atoms with Crippen molar-refractivity contribution in [3.63, 3.8) is 0 Å². The molecule has 0 amide bonds. The molecule has 0 aliphatic rings. The molecule has 0 spiro atoms. The van der Waals surface area contributed by atoms with Gasteiger partial charge in [-0.3, -0.25) is 4.98 Å². The van der Waals surface area contributed by atoms with Crippen LogP contribution in [0.5, 0.6) is 0 Å². The molecular weight excluding hydrogens is 282 g/mol. The van der Waals surface area contributed by atoms with Crippen molar-refractivity contribution in [2.45, 2.75) is 58.3 Å². The highest BCUT2D eigenvalue weighted by molar-refractivity contribution is 5.59. The van der Waals surface area contributed by atoms with Crippen LogP contribution in [0.1, 0.15) is 56.6 Å². The molecule has 0 N–H and O–H groups in total. The van der Waals surface area contributed by atoms with Crippen LogP contribution in [0, 0.1) is 0 Å². The standard InChI is InChI=1S/C21H27NO/c1-2-3-4-5-6-8-18-10-13-20(14-11-18)21-15-12-19(17-22-21)9-7-16-23/h10-17H,2-9H2,1H3. The Bertz CT molecular complexity index is 572. The zero-order valence-corrected chi connectivity index (χ0v) is 14.1. The van der Waals surface area contributed by atoms with Crippen molar-refractivity contribution in [1.82, 2.24) is 4.98 Å². The zero-order chi connectivity index (χ0) is 16.3. The first-order valence-electron chi connectivity index (χ1n) is 8.81. The van der Waals surface area contributed by atoms with Gasteiger partial charge in [0.15, 0.2) is 0 Å². The summed E-state index contributed by atoms with van der Waals surface area (Å²) in [4.78, 5) is 14.9. The molecule has 1 aromatic heterocycles. The van der Waals surface area contributed by atoms with Crippen LogP contribution in [0.25, 0.3) is 11.3 Å². The lowest BCUT2D eigenvalue weighted by atomic mass is 10.0. The summed E-state index contributed by atoms with van der Waals surface area (Å²) in [6, 6.07) is 12.9. The molecule has 23 heavy (non-hydrogen) atoms. The van der Waals surface area contributed by atoms with E-state index in [4.69, 9.17) is 0 Å². The number of hydrogen-bond acceptors (Lipinski definition) is 2. The molecule has 0 aliphatic carbocycles. The molecule has 0 saturated heterocycles. The molecule has 2 aromatic rings. The molecule has 122 valence electrons. The van der Waals surface area contributed by atoms with Crippen LogP contribution in [0.4, 0.5) is 0 Å². The van der Waals surface area contributed by atoms with E-state index in [0.29, 0.717) is 6.42 Å². The minimum absolute atomic E-state index is 0.563. The van der Waals surface area contributed by atoms with Crippen LogP contribution in [0.3, 0.4) is 0 Å². The highest BCUT2D eigenvalue weighted by Gasteiger charge is 2.01. The van der Waals surface area contributed by atoms with Crippen molar-refractivity contribution in [2.75, 3.05) is 0 Å². The van der Waals surface area contributed by atoms with Crippen LogP contribution < -0.4 is 0 Å². The van der Waals surface area contributed by atoms with E-state index in [9.17, 15) is 4.79 Å². The van der Waals surface area contributed by atoms with Crippen LogP contribution >= 0.6 is 0 Å². The molecule has 0 unspecified atom stereocenters. The number of carbonyl (C=O) groups is 1. The second-order valence-electron chi connectivity index (χ2n) is 6.12. The SMILES string of the molecule is CCCCCCCc1ccc(-c2ccc(CCC=O)cn2)cc1. The van der Waals surface area contributed by atoms with Gasteiger partial charge in [-0.15, -0.1) is 0 Å². The average Bonchev–Trinajstić information content (AvgIpc) is 2.61. The van der Waals surface area contributed by atoms with Crippen molar-refractivity contribution < 1.29 is 4.79 Å². The minimum Gasteiger partial charge on any atom is -0.303 e. The summed E-state index contributed by atoms with van der Waals surface area (Å²) in [7, 11) is 0. The van der Waals surface area contributed by atoms with Gasteiger partial charge in [0.2, 0.25) is 0 Å². The van der Waals surface area contributed by atoms with Gasteiger partial charge < -0.3 is 4.79 Å². The number of nitrogens with zero attached hydrogens (tertiary/aromatic N) is 1. The first-order chi connectivity index (χ1) is 11.3. The number of aryl methyl sites for hydroxylation is 2. The Morgan fingerprint density at radius 1 is 0.870 bits per heavy atom. The summed E-state index contributed by atoms with van der Waals surface area (Å²) in [6.07, 6.45) is 12.0. The van der Waals surface area contributed by atoms with Crippen molar-refractivity contribution in [2.24, 2.45) is 0 Å². The topological polar surface area (TPSA) is 30.0 Å². The highest BCUT2D eigenvalue weighted by atomic mass is 16.1. The van der Waals surface area contributed by atoms with Gasteiger partial charge in [-0.25, -0.2) is 0 Å². The zero-order valence-electron chi connectivity index (χ0n) is 14.1. The summed E-state index contributed by atoms with van der Waals surface area (Å²) in [6.45, 7) is 2.25. The van der Waals surface area contributed by atoms with Gasteiger partial charge in [0, 0.05) is 18.2 Å². The molecule has 2 nitrogen and oxygen atoms in total. The molecule has 2 heteroatoms. The number of pyridine rings is 1. The quantitative estimate of drug-likeness (QED) is 0.435. The smallest absolute Gasteiger partial charge is 0.120 e. The monoisotopic (exact) mass is 309 g/mol. The van der Waals surface area contributed by atoms with E-state index in [1.54, 1.807) is 0 Å². The molecule has 0 saturated carbocycles. The van der Waals surface area contributed by atoms with Crippen LogP contribution in [0.15, 0.2) is 42.6 Å².